The number of ether oxygens (including phenoxy) is 2. The number of carbonyl (C=O) groups is 2. The third-order valence-electron chi connectivity index (χ3n) is 8.48. The number of methoxy groups -OCH3 is 2. The quantitative estimate of drug-likeness (QED) is 0.408. The van der Waals surface area contributed by atoms with E-state index in [1.165, 1.54) is 11.3 Å². The van der Waals surface area contributed by atoms with Crippen molar-refractivity contribution in [1.29, 1.82) is 0 Å². The number of fused-ring (bicyclic) bond motifs is 3. The molecule has 0 saturated carbocycles. The van der Waals surface area contributed by atoms with E-state index in [0.29, 0.717) is 44.7 Å². The van der Waals surface area contributed by atoms with Gasteiger partial charge in [-0.1, -0.05) is 36.4 Å². The molecule has 0 aliphatic carbocycles. The minimum atomic E-state index is -0.416. The first-order valence-corrected chi connectivity index (χ1v) is 14.7. The van der Waals surface area contributed by atoms with Crippen LogP contribution in [0.25, 0.3) is 10.6 Å². The number of rotatable bonds is 5. The molecule has 3 amide bonds. The Labute approximate surface area is 238 Å². The summed E-state index contributed by atoms with van der Waals surface area (Å²) in [5, 5.41) is 2.70. The van der Waals surface area contributed by atoms with Crippen LogP contribution in [0.2, 0.25) is 0 Å². The van der Waals surface area contributed by atoms with Crippen molar-refractivity contribution < 1.29 is 19.1 Å². The summed E-state index contributed by atoms with van der Waals surface area (Å²) in [6.07, 6.45) is 5.27. The van der Waals surface area contributed by atoms with Crippen LogP contribution < -0.4 is 9.47 Å². The van der Waals surface area contributed by atoms with E-state index in [1.54, 1.807) is 14.2 Å². The molecule has 3 aliphatic rings. The third-order valence-corrected chi connectivity index (χ3v) is 9.37. The lowest BCUT2D eigenvalue weighted by atomic mass is 9.82. The zero-order valence-corrected chi connectivity index (χ0v) is 24.0. The highest BCUT2D eigenvalue weighted by Crippen LogP contribution is 2.46. The lowest BCUT2D eigenvalue weighted by molar-refractivity contribution is 0.0571. The molecule has 0 bridgehead atoms. The number of aromatic nitrogens is 1. The van der Waals surface area contributed by atoms with Crippen LogP contribution in [-0.2, 0) is 13.0 Å². The van der Waals surface area contributed by atoms with Gasteiger partial charge in [0.25, 0.3) is 5.91 Å². The van der Waals surface area contributed by atoms with Crippen LogP contribution in [0.4, 0.5) is 4.79 Å². The fraction of sp³-hybridized carbons (Fsp3) is 0.387. The molecule has 2 saturated heterocycles. The number of piperidine rings is 1. The van der Waals surface area contributed by atoms with Gasteiger partial charge in [0.2, 0.25) is 0 Å². The summed E-state index contributed by atoms with van der Waals surface area (Å²) in [7, 11) is 3.32. The second-order valence-corrected chi connectivity index (χ2v) is 11.3. The second-order valence-electron chi connectivity index (χ2n) is 10.4. The van der Waals surface area contributed by atoms with Gasteiger partial charge in [-0.3, -0.25) is 9.69 Å². The summed E-state index contributed by atoms with van der Waals surface area (Å²) < 4.78 is 11.2. The number of amides is 3. The Bertz CT molecular complexity index is 1460. The van der Waals surface area contributed by atoms with Crippen molar-refractivity contribution in [2.24, 2.45) is 0 Å². The fourth-order valence-electron chi connectivity index (χ4n) is 6.49. The molecule has 8 nitrogen and oxygen atoms in total. The van der Waals surface area contributed by atoms with Gasteiger partial charge in [0.05, 0.1) is 26.3 Å². The van der Waals surface area contributed by atoms with Crippen LogP contribution in [0, 0.1) is 0 Å². The van der Waals surface area contributed by atoms with Crippen molar-refractivity contribution in [2.45, 2.75) is 44.7 Å². The zero-order chi connectivity index (χ0) is 27.9. The van der Waals surface area contributed by atoms with Gasteiger partial charge in [-0.05, 0) is 49.8 Å². The van der Waals surface area contributed by atoms with Crippen molar-refractivity contribution in [2.75, 3.05) is 33.9 Å². The molecule has 1 aromatic heterocycles. The van der Waals surface area contributed by atoms with E-state index >= 15 is 0 Å². The predicted molar refractivity (Wildman–Crippen MR) is 155 cm³/mol. The minimum Gasteiger partial charge on any atom is -0.497 e. The van der Waals surface area contributed by atoms with Crippen LogP contribution in [0.1, 0.15) is 47.8 Å². The maximum atomic E-state index is 13.9. The average molecular weight is 559 g/mol. The maximum Gasteiger partial charge on any atom is 0.325 e. The van der Waals surface area contributed by atoms with Crippen LogP contribution in [0.5, 0.6) is 11.5 Å². The number of carbonyl (C=O) groups excluding carboxylic acids is 2. The molecule has 0 radical (unpaired) electrons. The average Bonchev–Trinajstić information content (AvgIpc) is 3.55. The summed E-state index contributed by atoms with van der Waals surface area (Å²) in [6, 6.07) is 13.9. The Morgan fingerprint density at radius 1 is 1.10 bits per heavy atom. The van der Waals surface area contributed by atoms with Gasteiger partial charge in [-0.25, -0.2) is 9.78 Å². The molecule has 9 heteroatoms. The molecule has 6 rings (SSSR count). The number of likely N-dealkylation sites (tertiary alicyclic amines) is 1. The molecule has 4 heterocycles. The molecule has 0 atom stereocenters. The Morgan fingerprint density at radius 3 is 2.58 bits per heavy atom. The molecule has 40 heavy (non-hydrogen) atoms. The van der Waals surface area contributed by atoms with E-state index in [4.69, 9.17) is 9.47 Å². The van der Waals surface area contributed by atoms with Crippen LogP contribution in [0.15, 0.2) is 59.6 Å². The second kappa shape index (κ2) is 10.6. The molecule has 0 unspecified atom stereocenters. The largest absolute Gasteiger partial charge is 0.497 e. The van der Waals surface area contributed by atoms with Gasteiger partial charge in [-0.2, -0.15) is 0 Å². The smallest absolute Gasteiger partial charge is 0.325 e. The van der Waals surface area contributed by atoms with Gasteiger partial charge in [0.1, 0.15) is 22.2 Å². The summed E-state index contributed by atoms with van der Waals surface area (Å²) in [5.41, 5.74) is 4.32. The van der Waals surface area contributed by atoms with Crippen LogP contribution >= 0.6 is 11.3 Å². The number of likely N-dealkylation sites (N-methyl/N-ethyl adjacent to an activating group) is 1. The van der Waals surface area contributed by atoms with Crippen molar-refractivity contribution >= 4 is 23.3 Å². The third kappa shape index (κ3) is 4.33. The molecule has 2 fully saturated rings. The Balaban J connectivity index is 1.24. The number of benzene rings is 2. The first kappa shape index (κ1) is 26.4. The lowest BCUT2D eigenvalue weighted by Gasteiger charge is -2.44. The first-order valence-electron chi connectivity index (χ1n) is 13.8. The number of allylic oxidation sites excluding steroid dienone is 1. The normalized spacial score (nSPS) is 19.4. The number of thiazole rings is 1. The Kier molecular flexibility index (Phi) is 7.00. The SMILES string of the molecule is CCN1C(=O)N2Cc3cc(OC)cc(OC)c3CC/C=C\2C12CCN(C(=O)c1csc(-c3ccccc3)n1)CC2. The molecular weight excluding hydrogens is 524 g/mol. The molecular formula is C31H34N4O4S. The highest BCUT2D eigenvalue weighted by Gasteiger charge is 2.54. The van der Waals surface area contributed by atoms with E-state index in [2.05, 4.69) is 11.1 Å². The summed E-state index contributed by atoms with van der Waals surface area (Å²) in [6.45, 7) is 4.27. The van der Waals surface area contributed by atoms with Gasteiger partial charge in [0.15, 0.2) is 0 Å². The van der Waals surface area contributed by atoms with E-state index in [-0.39, 0.29) is 11.9 Å². The minimum absolute atomic E-state index is 0.0233. The summed E-state index contributed by atoms with van der Waals surface area (Å²) >= 11 is 1.49. The molecule has 0 N–H and O–H groups in total. The zero-order valence-electron chi connectivity index (χ0n) is 23.2. The lowest BCUT2D eigenvalue weighted by Crippen LogP contribution is -2.54. The molecule has 1 spiro atoms. The van der Waals surface area contributed by atoms with Crippen molar-refractivity contribution in [3.63, 3.8) is 0 Å². The number of hydrogen-bond donors (Lipinski definition) is 0. The molecule has 2 aromatic carbocycles. The van der Waals surface area contributed by atoms with E-state index in [9.17, 15) is 9.59 Å². The van der Waals surface area contributed by atoms with Gasteiger partial charge >= 0.3 is 6.03 Å². The van der Waals surface area contributed by atoms with Crippen molar-refractivity contribution in [3.8, 4) is 22.1 Å². The van der Waals surface area contributed by atoms with Crippen molar-refractivity contribution in [1.82, 2.24) is 19.7 Å². The van der Waals surface area contributed by atoms with E-state index < -0.39 is 5.54 Å². The van der Waals surface area contributed by atoms with Gasteiger partial charge in [0, 0.05) is 42.3 Å². The van der Waals surface area contributed by atoms with E-state index in [1.807, 2.05) is 69.5 Å². The van der Waals surface area contributed by atoms with Gasteiger partial charge < -0.3 is 19.3 Å². The first-order chi connectivity index (χ1) is 19.5. The number of hydrogen-bond acceptors (Lipinski definition) is 6. The van der Waals surface area contributed by atoms with Crippen molar-refractivity contribution in [3.05, 3.63) is 76.4 Å². The molecule has 208 valence electrons. The number of nitrogens with zero attached hydrogens (tertiary/aromatic N) is 4. The fourth-order valence-corrected chi connectivity index (χ4v) is 7.29. The standard InChI is InChI=1S/C31H34N4O4S/c1-4-35-30(37)34-19-22-17-23(38-2)18-26(39-3)24(22)11-8-12-27(34)31(35)13-15-33(16-14-31)29(36)25-20-40-28(32-25)21-9-6-5-7-10-21/h5-7,9-10,12,17-18,20H,4,8,11,13-16,19H2,1-3H3/b27-12-. The predicted octanol–water partition coefficient (Wildman–Crippen LogP) is 5.59. The highest BCUT2D eigenvalue weighted by atomic mass is 32.1. The Hall–Kier alpha value is -3.85. The Morgan fingerprint density at radius 2 is 1.88 bits per heavy atom. The monoisotopic (exact) mass is 558 g/mol. The maximum absolute atomic E-state index is 13.9. The highest BCUT2D eigenvalue weighted by molar-refractivity contribution is 7.13. The molecule has 3 aliphatic heterocycles. The summed E-state index contributed by atoms with van der Waals surface area (Å²) in [5.74, 6) is 1.47. The van der Waals surface area contributed by atoms with Crippen LogP contribution in [-0.4, -0.2) is 71.0 Å². The topological polar surface area (TPSA) is 75.2 Å². The van der Waals surface area contributed by atoms with E-state index in [0.717, 1.165) is 51.7 Å². The van der Waals surface area contributed by atoms with Crippen LogP contribution in [0.3, 0.4) is 0 Å². The summed E-state index contributed by atoms with van der Waals surface area (Å²) in [4.78, 5) is 37.8. The van der Waals surface area contributed by atoms with Gasteiger partial charge in [-0.15, -0.1) is 11.3 Å². The number of urea groups is 1. The molecule has 3 aromatic rings.